The average Bonchev–Trinajstić information content (AvgIpc) is 3.09. The molecule has 2 aromatic rings. The van der Waals surface area contributed by atoms with Crippen LogP contribution in [0.25, 0.3) is 0 Å². The van der Waals surface area contributed by atoms with Crippen LogP contribution in [0.1, 0.15) is 24.2 Å². The van der Waals surface area contributed by atoms with Gasteiger partial charge in [-0.15, -0.1) is 0 Å². The maximum Gasteiger partial charge on any atom is 0.220 e. The molecule has 0 saturated carbocycles. The minimum atomic E-state index is 0.158. The molecule has 1 N–H and O–H groups in total. The van der Waals surface area contributed by atoms with Crippen LogP contribution in [0.3, 0.4) is 0 Å². The summed E-state index contributed by atoms with van der Waals surface area (Å²) in [5, 5.41) is 3.04. The van der Waals surface area contributed by atoms with Crippen LogP contribution in [0.15, 0.2) is 36.9 Å². The molecule has 1 aliphatic heterocycles. The predicted molar refractivity (Wildman–Crippen MR) is 82.7 cm³/mol. The number of carbonyl (C=O) groups excluding carboxylic acids is 1. The third kappa shape index (κ3) is 3.71. The Bertz CT molecular complexity index is 624. The zero-order valence-corrected chi connectivity index (χ0v) is 12.8. The Balaban J connectivity index is 1.69. The van der Waals surface area contributed by atoms with Crippen molar-refractivity contribution in [3.8, 4) is 0 Å². The number of pyridine rings is 1. The summed E-state index contributed by atoms with van der Waals surface area (Å²) in [4.78, 5) is 22.2. The highest BCUT2D eigenvalue weighted by Crippen LogP contribution is 2.13. The molecule has 0 aromatic carbocycles. The van der Waals surface area contributed by atoms with Gasteiger partial charge in [-0.2, -0.15) is 0 Å². The van der Waals surface area contributed by atoms with Crippen molar-refractivity contribution in [2.45, 2.75) is 32.0 Å². The standard InChI is InChI=1S/C16H21N5O/c1-20-9-8-18-15(20)12-21(10-13-4-6-17-7-5-13)11-14-2-3-16(22)19-14/h4-9,14H,2-3,10-12H2,1H3,(H,19,22)/t14-/m0/s1. The van der Waals surface area contributed by atoms with E-state index in [-0.39, 0.29) is 11.9 Å². The lowest BCUT2D eigenvalue weighted by Gasteiger charge is -2.25. The predicted octanol–water partition coefficient (Wildman–Crippen LogP) is 1.10. The van der Waals surface area contributed by atoms with Gasteiger partial charge in [-0.1, -0.05) is 0 Å². The van der Waals surface area contributed by atoms with Crippen LogP contribution in [-0.4, -0.2) is 37.9 Å². The number of carbonyl (C=O) groups is 1. The van der Waals surface area contributed by atoms with Gasteiger partial charge in [0.25, 0.3) is 0 Å². The van der Waals surface area contributed by atoms with Gasteiger partial charge in [0.15, 0.2) is 0 Å². The van der Waals surface area contributed by atoms with Crippen LogP contribution in [0.2, 0.25) is 0 Å². The molecule has 6 nitrogen and oxygen atoms in total. The highest BCUT2D eigenvalue weighted by Gasteiger charge is 2.23. The van der Waals surface area contributed by atoms with Gasteiger partial charge < -0.3 is 9.88 Å². The molecule has 6 heteroatoms. The molecule has 1 atom stereocenters. The lowest BCUT2D eigenvalue weighted by atomic mass is 10.2. The summed E-state index contributed by atoms with van der Waals surface area (Å²) >= 11 is 0. The number of imidazole rings is 1. The maximum atomic E-state index is 11.4. The van der Waals surface area contributed by atoms with E-state index in [0.717, 1.165) is 31.9 Å². The topological polar surface area (TPSA) is 63.1 Å². The highest BCUT2D eigenvalue weighted by atomic mass is 16.1. The van der Waals surface area contributed by atoms with E-state index in [0.29, 0.717) is 6.42 Å². The number of rotatable bonds is 6. The molecule has 3 rings (SSSR count). The highest BCUT2D eigenvalue weighted by molar-refractivity contribution is 5.78. The molecular weight excluding hydrogens is 278 g/mol. The van der Waals surface area contributed by atoms with Crippen molar-refractivity contribution >= 4 is 5.91 Å². The van der Waals surface area contributed by atoms with Crippen LogP contribution >= 0.6 is 0 Å². The smallest absolute Gasteiger partial charge is 0.220 e. The number of aromatic nitrogens is 3. The quantitative estimate of drug-likeness (QED) is 0.867. The van der Waals surface area contributed by atoms with E-state index in [1.165, 1.54) is 5.56 Å². The number of nitrogens with zero attached hydrogens (tertiary/aromatic N) is 4. The number of aryl methyl sites for hydroxylation is 1. The van der Waals surface area contributed by atoms with Crippen LogP contribution in [0, 0.1) is 0 Å². The monoisotopic (exact) mass is 299 g/mol. The van der Waals surface area contributed by atoms with Crippen molar-refractivity contribution in [3.63, 3.8) is 0 Å². The Morgan fingerprint density at radius 3 is 2.77 bits per heavy atom. The Hall–Kier alpha value is -2.21. The van der Waals surface area contributed by atoms with E-state index in [1.54, 1.807) is 0 Å². The van der Waals surface area contributed by atoms with Gasteiger partial charge in [-0.25, -0.2) is 4.98 Å². The van der Waals surface area contributed by atoms with Gasteiger partial charge in [0.05, 0.1) is 6.54 Å². The van der Waals surface area contributed by atoms with E-state index < -0.39 is 0 Å². The first-order valence-corrected chi connectivity index (χ1v) is 7.57. The summed E-state index contributed by atoms with van der Waals surface area (Å²) in [6, 6.07) is 4.28. The van der Waals surface area contributed by atoms with E-state index in [9.17, 15) is 4.79 Å². The Morgan fingerprint density at radius 1 is 1.32 bits per heavy atom. The first-order chi connectivity index (χ1) is 10.7. The van der Waals surface area contributed by atoms with Gasteiger partial charge >= 0.3 is 0 Å². The first kappa shape index (κ1) is 14.7. The van der Waals surface area contributed by atoms with Gasteiger partial charge in [-0.05, 0) is 24.1 Å². The molecule has 22 heavy (non-hydrogen) atoms. The molecule has 0 spiro atoms. The van der Waals surface area contributed by atoms with Crippen molar-refractivity contribution in [2.24, 2.45) is 7.05 Å². The first-order valence-electron chi connectivity index (χ1n) is 7.57. The normalized spacial score (nSPS) is 17.9. The molecule has 1 fully saturated rings. The van der Waals surface area contributed by atoms with Gasteiger partial charge in [0.2, 0.25) is 5.91 Å². The number of nitrogens with one attached hydrogen (secondary N) is 1. The van der Waals surface area contributed by atoms with Crippen LogP contribution in [0.5, 0.6) is 0 Å². The molecule has 0 aliphatic carbocycles. The summed E-state index contributed by atoms with van der Waals surface area (Å²) in [5.41, 5.74) is 1.22. The van der Waals surface area contributed by atoms with E-state index in [1.807, 2.05) is 48.5 Å². The van der Waals surface area contributed by atoms with Crippen molar-refractivity contribution in [1.29, 1.82) is 0 Å². The second-order valence-corrected chi connectivity index (χ2v) is 5.78. The molecule has 0 bridgehead atoms. The van der Waals surface area contributed by atoms with E-state index in [2.05, 4.69) is 20.2 Å². The fourth-order valence-corrected chi connectivity index (χ4v) is 2.81. The summed E-state index contributed by atoms with van der Waals surface area (Å²) in [6.07, 6.45) is 8.94. The Labute approximate surface area is 130 Å². The molecule has 116 valence electrons. The zero-order chi connectivity index (χ0) is 15.4. The van der Waals surface area contributed by atoms with Crippen LogP contribution in [0.4, 0.5) is 0 Å². The average molecular weight is 299 g/mol. The third-order valence-electron chi connectivity index (χ3n) is 4.01. The summed E-state index contributed by atoms with van der Waals surface area (Å²) in [6.45, 7) is 2.42. The molecule has 3 heterocycles. The molecular formula is C16H21N5O. The van der Waals surface area contributed by atoms with Crippen LogP contribution < -0.4 is 5.32 Å². The lowest BCUT2D eigenvalue weighted by Crippen LogP contribution is -2.38. The fourth-order valence-electron chi connectivity index (χ4n) is 2.81. The SMILES string of the molecule is Cn1ccnc1CN(Cc1ccncc1)C[C@@H]1CCC(=O)N1. The molecule has 1 saturated heterocycles. The molecule has 0 unspecified atom stereocenters. The third-order valence-corrected chi connectivity index (χ3v) is 4.01. The van der Waals surface area contributed by atoms with Gasteiger partial charge in [0.1, 0.15) is 5.82 Å². The summed E-state index contributed by atoms with van der Waals surface area (Å²) < 4.78 is 2.03. The second-order valence-electron chi connectivity index (χ2n) is 5.78. The zero-order valence-electron chi connectivity index (χ0n) is 12.8. The largest absolute Gasteiger partial charge is 0.352 e. The summed E-state index contributed by atoms with van der Waals surface area (Å²) in [7, 11) is 2.00. The molecule has 0 radical (unpaired) electrons. The Kier molecular flexibility index (Phi) is 4.48. The number of hydrogen-bond acceptors (Lipinski definition) is 4. The number of amides is 1. The Morgan fingerprint density at radius 2 is 2.14 bits per heavy atom. The van der Waals surface area contributed by atoms with Crippen molar-refractivity contribution in [3.05, 3.63) is 48.3 Å². The van der Waals surface area contributed by atoms with E-state index in [4.69, 9.17) is 0 Å². The van der Waals surface area contributed by atoms with Crippen molar-refractivity contribution in [2.75, 3.05) is 6.54 Å². The minimum absolute atomic E-state index is 0.158. The minimum Gasteiger partial charge on any atom is -0.352 e. The maximum absolute atomic E-state index is 11.4. The van der Waals surface area contributed by atoms with Crippen LogP contribution in [-0.2, 0) is 24.9 Å². The van der Waals surface area contributed by atoms with E-state index >= 15 is 0 Å². The molecule has 1 amide bonds. The van der Waals surface area contributed by atoms with Gasteiger partial charge in [0, 0.05) is 57.4 Å². The molecule has 2 aromatic heterocycles. The van der Waals surface area contributed by atoms with Crippen molar-refractivity contribution < 1.29 is 4.79 Å². The lowest BCUT2D eigenvalue weighted by molar-refractivity contribution is -0.119. The van der Waals surface area contributed by atoms with Crippen molar-refractivity contribution in [1.82, 2.24) is 24.8 Å². The number of hydrogen-bond donors (Lipinski definition) is 1. The summed E-state index contributed by atoms with van der Waals surface area (Å²) in [5.74, 6) is 1.18. The second kappa shape index (κ2) is 6.70. The fraction of sp³-hybridized carbons (Fsp3) is 0.438. The van der Waals surface area contributed by atoms with Gasteiger partial charge in [-0.3, -0.25) is 14.7 Å². The molecule has 1 aliphatic rings.